The van der Waals surface area contributed by atoms with Gasteiger partial charge in [-0.25, -0.2) is 0 Å². The van der Waals surface area contributed by atoms with Gasteiger partial charge in [0.05, 0.1) is 6.54 Å². The number of hydrogen-bond acceptors (Lipinski definition) is 2. The lowest BCUT2D eigenvalue weighted by molar-refractivity contribution is 0.606. The molecule has 0 radical (unpaired) electrons. The fraction of sp³-hybridized carbons (Fsp3) is 0.143. The maximum absolute atomic E-state index is 4.48. The third-order valence-electron chi connectivity index (χ3n) is 9.41. The van der Waals surface area contributed by atoms with E-state index in [1.807, 2.05) is 24.7 Å². The van der Waals surface area contributed by atoms with Gasteiger partial charge in [-0.15, -0.1) is 0 Å². The lowest BCUT2D eigenvalue weighted by Crippen LogP contribution is -2.17. The SMILES string of the molecule is CC1C(c2ccncc2)=CC(c2ccccc2-c2ccc3c4c(c5c#cccc5c3c2)CCC=C4)=CC1C1=CC=NCC=C1. The molecule has 1 aliphatic heterocycles. The summed E-state index contributed by atoms with van der Waals surface area (Å²) in [5.74, 6) is 0.521. The first-order chi connectivity index (χ1) is 21.8. The number of aliphatic imine (C=N–C) groups is 1. The molecule has 0 N–H and O–H groups in total. The van der Waals surface area contributed by atoms with Crippen LogP contribution in [0.25, 0.3) is 49.9 Å². The van der Waals surface area contributed by atoms with Crippen molar-refractivity contribution < 1.29 is 0 Å². The second-order valence-corrected chi connectivity index (χ2v) is 11.9. The van der Waals surface area contributed by atoms with Crippen molar-refractivity contribution in [3.05, 3.63) is 156 Å². The van der Waals surface area contributed by atoms with Gasteiger partial charge >= 0.3 is 0 Å². The molecule has 8 rings (SSSR count). The Bertz CT molecular complexity index is 2100. The molecule has 2 atom stereocenters. The molecule has 4 aromatic carbocycles. The zero-order valence-electron chi connectivity index (χ0n) is 24.8. The van der Waals surface area contributed by atoms with E-state index in [0.717, 1.165) is 19.4 Å². The van der Waals surface area contributed by atoms with Crippen LogP contribution in [0.2, 0.25) is 0 Å². The molecule has 3 aliphatic rings. The van der Waals surface area contributed by atoms with Gasteiger partial charge in [-0.3, -0.25) is 9.98 Å². The van der Waals surface area contributed by atoms with Gasteiger partial charge in [-0.1, -0.05) is 91.9 Å². The van der Waals surface area contributed by atoms with Crippen molar-refractivity contribution in [2.24, 2.45) is 16.8 Å². The minimum absolute atomic E-state index is 0.220. The molecule has 0 saturated carbocycles. The molecule has 0 bridgehead atoms. The number of hydrogen-bond donors (Lipinski definition) is 0. The van der Waals surface area contributed by atoms with Gasteiger partial charge in [-0.05, 0) is 121 Å². The maximum Gasteiger partial charge on any atom is 0.0573 e. The Morgan fingerprint density at radius 1 is 0.841 bits per heavy atom. The van der Waals surface area contributed by atoms with Crippen LogP contribution in [-0.4, -0.2) is 17.7 Å². The Morgan fingerprint density at radius 2 is 1.73 bits per heavy atom. The van der Waals surface area contributed by atoms with E-state index in [1.165, 1.54) is 71.6 Å². The first-order valence-corrected chi connectivity index (χ1v) is 15.5. The first-order valence-electron chi connectivity index (χ1n) is 15.5. The molecule has 1 aromatic heterocycles. The second-order valence-electron chi connectivity index (χ2n) is 11.9. The predicted molar refractivity (Wildman–Crippen MR) is 185 cm³/mol. The predicted octanol–water partition coefficient (Wildman–Crippen LogP) is 9.91. The van der Waals surface area contributed by atoms with E-state index in [1.54, 1.807) is 0 Å². The number of aryl methyl sites for hydroxylation is 1. The lowest BCUT2D eigenvalue weighted by Gasteiger charge is -2.31. The quantitative estimate of drug-likeness (QED) is 0.213. The van der Waals surface area contributed by atoms with Crippen LogP contribution in [-0.2, 0) is 6.42 Å². The average Bonchev–Trinajstić information content (AvgIpc) is 3.38. The molecule has 5 aromatic rings. The molecule has 210 valence electrons. The Hall–Kier alpha value is -5.26. The van der Waals surface area contributed by atoms with Crippen LogP contribution >= 0.6 is 0 Å². The highest BCUT2D eigenvalue weighted by atomic mass is 14.7. The van der Waals surface area contributed by atoms with Crippen molar-refractivity contribution in [1.82, 2.24) is 4.98 Å². The molecule has 0 spiro atoms. The average molecular weight is 565 g/mol. The van der Waals surface area contributed by atoms with Crippen molar-refractivity contribution in [3.8, 4) is 11.1 Å². The lowest BCUT2D eigenvalue weighted by atomic mass is 9.73. The summed E-state index contributed by atoms with van der Waals surface area (Å²) in [6.45, 7) is 3.06. The molecular weight excluding hydrogens is 532 g/mol. The summed E-state index contributed by atoms with van der Waals surface area (Å²) in [5, 5.41) is 5.04. The summed E-state index contributed by atoms with van der Waals surface area (Å²) < 4.78 is 0. The van der Waals surface area contributed by atoms with Crippen LogP contribution in [0.3, 0.4) is 0 Å². The normalized spacial score (nSPS) is 19.2. The molecule has 2 unspecified atom stereocenters. The Kier molecular flexibility index (Phi) is 6.65. The fourth-order valence-corrected chi connectivity index (χ4v) is 7.23. The van der Waals surface area contributed by atoms with Gasteiger partial charge in [0, 0.05) is 29.9 Å². The number of pyridine rings is 1. The summed E-state index contributed by atoms with van der Waals surface area (Å²) in [4.78, 5) is 8.78. The Labute approximate surface area is 259 Å². The van der Waals surface area contributed by atoms with Crippen molar-refractivity contribution in [3.63, 3.8) is 0 Å². The summed E-state index contributed by atoms with van der Waals surface area (Å²) in [6, 6.07) is 31.0. The molecule has 2 heterocycles. The number of rotatable bonds is 4. The molecule has 2 nitrogen and oxygen atoms in total. The van der Waals surface area contributed by atoms with E-state index >= 15 is 0 Å². The number of fused-ring (bicyclic) bond motifs is 6. The van der Waals surface area contributed by atoms with Crippen LogP contribution in [0.5, 0.6) is 0 Å². The van der Waals surface area contributed by atoms with Gasteiger partial charge in [0.1, 0.15) is 0 Å². The smallest absolute Gasteiger partial charge is 0.0573 e. The van der Waals surface area contributed by atoms with Gasteiger partial charge in [-0.2, -0.15) is 0 Å². The largest absolute Gasteiger partial charge is 0.289 e. The minimum Gasteiger partial charge on any atom is -0.289 e. The Balaban J connectivity index is 1.32. The van der Waals surface area contributed by atoms with E-state index in [-0.39, 0.29) is 5.92 Å². The maximum atomic E-state index is 4.48. The van der Waals surface area contributed by atoms with E-state index in [0.29, 0.717) is 5.92 Å². The first kappa shape index (κ1) is 26.4. The highest BCUT2D eigenvalue weighted by Crippen LogP contribution is 2.44. The zero-order valence-corrected chi connectivity index (χ0v) is 24.8. The highest BCUT2D eigenvalue weighted by Gasteiger charge is 2.28. The zero-order chi connectivity index (χ0) is 29.5. The number of aromatic nitrogens is 1. The molecule has 0 fully saturated rings. The molecule has 44 heavy (non-hydrogen) atoms. The van der Waals surface area contributed by atoms with E-state index in [4.69, 9.17) is 0 Å². The van der Waals surface area contributed by atoms with E-state index in [9.17, 15) is 0 Å². The summed E-state index contributed by atoms with van der Waals surface area (Å²) in [6.07, 6.45) is 23.9. The minimum atomic E-state index is 0.220. The number of nitrogens with zero attached hydrogens (tertiary/aromatic N) is 2. The van der Waals surface area contributed by atoms with Crippen molar-refractivity contribution in [2.45, 2.75) is 19.8 Å². The monoisotopic (exact) mass is 564 g/mol. The third-order valence-corrected chi connectivity index (χ3v) is 9.41. The molecule has 0 amide bonds. The Morgan fingerprint density at radius 3 is 2.64 bits per heavy atom. The van der Waals surface area contributed by atoms with Crippen LogP contribution in [0, 0.1) is 24.0 Å². The van der Waals surface area contributed by atoms with Crippen LogP contribution in [0.1, 0.15) is 35.6 Å². The van der Waals surface area contributed by atoms with Gasteiger partial charge in [0.15, 0.2) is 0 Å². The van der Waals surface area contributed by atoms with E-state index < -0.39 is 0 Å². The fourth-order valence-electron chi connectivity index (χ4n) is 7.23. The van der Waals surface area contributed by atoms with Gasteiger partial charge < -0.3 is 0 Å². The summed E-state index contributed by atoms with van der Waals surface area (Å²) in [7, 11) is 0. The highest BCUT2D eigenvalue weighted by molar-refractivity contribution is 6.13. The van der Waals surface area contributed by atoms with Crippen LogP contribution in [0.4, 0.5) is 0 Å². The summed E-state index contributed by atoms with van der Waals surface area (Å²) in [5.41, 5.74) is 11.5. The molecule has 2 aliphatic carbocycles. The molecule has 0 saturated heterocycles. The van der Waals surface area contributed by atoms with Gasteiger partial charge in [0.25, 0.3) is 0 Å². The van der Waals surface area contributed by atoms with Gasteiger partial charge in [0.2, 0.25) is 0 Å². The third kappa shape index (κ3) is 4.53. The standard InChI is InChI=1S/C42H32N2/c1-28-40(29-9-8-21-43-22-18-29)26-32(27-41(28)30-19-23-44-24-20-30)34-11-3-2-10-33(34)31-16-17-39-37-14-5-4-12-35(37)36-13-6-7-15-38(36)42(39)25-31/h2-3,5,7-11,14-20,22-28,40H,4,12,21H2,1H3. The topological polar surface area (TPSA) is 25.2 Å². The molecular formula is C42H32N2. The second kappa shape index (κ2) is 11.1. The number of benzene rings is 3. The van der Waals surface area contributed by atoms with Crippen molar-refractivity contribution in [1.29, 1.82) is 0 Å². The van der Waals surface area contributed by atoms with E-state index in [2.05, 4.69) is 132 Å². The number of allylic oxidation sites excluding steroid dienone is 8. The summed E-state index contributed by atoms with van der Waals surface area (Å²) >= 11 is 0. The van der Waals surface area contributed by atoms with Crippen molar-refractivity contribution >= 4 is 45.0 Å². The van der Waals surface area contributed by atoms with Crippen LogP contribution < -0.4 is 0 Å². The van der Waals surface area contributed by atoms with Crippen LogP contribution in [0.15, 0.2) is 126 Å². The van der Waals surface area contributed by atoms with Crippen molar-refractivity contribution in [2.75, 3.05) is 6.54 Å². The molecule has 2 heteroatoms.